The SMILES string of the molecule is CC(C)c1ccccc1CCP(c1ccccc1)c1ccccc1. The topological polar surface area (TPSA) is 0 Å². The summed E-state index contributed by atoms with van der Waals surface area (Å²) >= 11 is 0. The quantitative estimate of drug-likeness (QED) is 0.524. The third kappa shape index (κ3) is 4.13. The van der Waals surface area contributed by atoms with Gasteiger partial charge in [0.15, 0.2) is 0 Å². The monoisotopic (exact) mass is 332 g/mol. The van der Waals surface area contributed by atoms with Crippen molar-refractivity contribution in [1.82, 2.24) is 0 Å². The summed E-state index contributed by atoms with van der Waals surface area (Å²) in [6.45, 7) is 4.58. The second kappa shape index (κ2) is 8.27. The number of hydrogen-bond donors (Lipinski definition) is 0. The fourth-order valence-electron chi connectivity index (χ4n) is 3.18. The van der Waals surface area contributed by atoms with Crippen LogP contribution in [-0.4, -0.2) is 6.16 Å². The van der Waals surface area contributed by atoms with E-state index in [9.17, 15) is 0 Å². The largest absolute Gasteiger partial charge is 0.0622 e. The van der Waals surface area contributed by atoms with Crippen LogP contribution < -0.4 is 10.6 Å². The molecule has 0 aliphatic heterocycles. The summed E-state index contributed by atoms with van der Waals surface area (Å²) in [6.07, 6.45) is 2.34. The maximum atomic E-state index is 2.30. The van der Waals surface area contributed by atoms with Gasteiger partial charge in [0.05, 0.1) is 0 Å². The van der Waals surface area contributed by atoms with Crippen molar-refractivity contribution in [3.8, 4) is 0 Å². The molecule has 0 aliphatic rings. The normalized spacial score (nSPS) is 11.2. The van der Waals surface area contributed by atoms with Crippen molar-refractivity contribution in [3.63, 3.8) is 0 Å². The predicted molar refractivity (Wildman–Crippen MR) is 108 cm³/mol. The van der Waals surface area contributed by atoms with Crippen LogP contribution in [0, 0.1) is 0 Å². The summed E-state index contributed by atoms with van der Waals surface area (Å²) in [4.78, 5) is 0. The lowest BCUT2D eigenvalue weighted by molar-refractivity contribution is 0.845. The molecular formula is C23H25P. The Labute approximate surface area is 147 Å². The van der Waals surface area contributed by atoms with Crippen molar-refractivity contribution >= 4 is 18.5 Å². The van der Waals surface area contributed by atoms with E-state index < -0.39 is 0 Å². The van der Waals surface area contributed by atoms with Crippen LogP contribution in [0.5, 0.6) is 0 Å². The summed E-state index contributed by atoms with van der Waals surface area (Å²) in [6, 6.07) is 30.9. The van der Waals surface area contributed by atoms with Gasteiger partial charge in [0.1, 0.15) is 0 Å². The molecule has 122 valence electrons. The zero-order chi connectivity index (χ0) is 16.8. The second-order valence-corrected chi connectivity index (χ2v) is 8.76. The highest BCUT2D eigenvalue weighted by molar-refractivity contribution is 7.73. The lowest BCUT2D eigenvalue weighted by Gasteiger charge is -2.20. The van der Waals surface area contributed by atoms with E-state index in [-0.39, 0.29) is 7.92 Å². The Bertz CT molecular complexity index is 708. The summed E-state index contributed by atoms with van der Waals surface area (Å²) in [7, 11) is -0.306. The van der Waals surface area contributed by atoms with Crippen molar-refractivity contribution in [1.29, 1.82) is 0 Å². The van der Waals surface area contributed by atoms with E-state index in [1.165, 1.54) is 27.9 Å². The highest BCUT2D eigenvalue weighted by atomic mass is 31.1. The molecule has 0 aromatic heterocycles. The second-order valence-electron chi connectivity index (χ2n) is 6.43. The van der Waals surface area contributed by atoms with Gasteiger partial charge in [0.25, 0.3) is 0 Å². The molecular weight excluding hydrogens is 307 g/mol. The predicted octanol–water partition coefficient (Wildman–Crippen LogP) is 5.49. The molecule has 0 saturated heterocycles. The average molecular weight is 332 g/mol. The Morgan fingerprint density at radius 1 is 0.667 bits per heavy atom. The third-order valence-corrected chi connectivity index (χ3v) is 6.93. The van der Waals surface area contributed by atoms with Crippen LogP contribution in [0.15, 0.2) is 84.9 Å². The van der Waals surface area contributed by atoms with Crippen LogP contribution in [0.3, 0.4) is 0 Å². The zero-order valence-electron chi connectivity index (χ0n) is 14.5. The van der Waals surface area contributed by atoms with E-state index in [1.54, 1.807) is 0 Å². The first-order valence-electron chi connectivity index (χ1n) is 8.71. The molecule has 1 heteroatoms. The van der Waals surface area contributed by atoms with Gasteiger partial charge in [0.2, 0.25) is 0 Å². The number of hydrogen-bond acceptors (Lipinski definition) is 0. The highest BCUT2D eigenvalue weighted by Gasteiger charge is 2.14. The van der Waals surface area contributed by atoms with Gasteiger partial charge in [-0.25, -0.2) is 0 Å². The molecule has 0 bridgehead atoms. The molecule has 0 fully saturated rings. The maximum absolute atomic E-state index is 2.30. The molecule has 0 saturated carbocycles. The summed E-state index contributed by atoms with van der Waals surface area (Å²) in [5.74, 6) is 0.584. The highest BCUT2D eigenvalue weighted by Crippen LogP contribution is 2.35. The molecule has 0 atom stereocenters. The molecule has 0 aliphatic carbocycles. The molecule has 0 unspecified atom stereocenters. The van der Waals surface area contributed by atoms with Crippen LogP contribution in [0.4, 0.5) is 0 Å². The minimum Gasteiger partial charge on any atom is -0.0622 e. The van der Waals surface area contributed by atoms with Crippen LogP contribution in [0.2, 0.25) is 0 Å². The fraction of sp³-hybridized carbons (Fsp3) is 0.217. The number of benzene rings is 3. The van der Waals surface area contributed by atoms with Crippen molar-refractivity contribution in [2.75, 3.05) is 6.16 Å². The van der Waals surface area contributed by atoms with Crippen molar-refractivity contribution in [3.05, 3.63) is 96.1 Å². The Morgan fingerprint density at radius 3 is 1.71 bits per heavy atom. The Hall–Kier alpha value is -1.91. The number of rotatable bonds is 6. The van der Waals surface area contributed by atoms with Crippen LogP contribution in [0.25, 0.3) is 0 Å². The summed E-state index contributed by atoms with van der Waals surface area (Å²) in [5.41, 5.74) is 3.00. The first-order chi connectivity index (χ1) is 11.8. The average Bonchev–Trinajstić information content (AvgIpc) is 2.64. The van der Waals surface area contributed by atoms with Gasteiger partial charge in [-0.3, -0.25) is 0 Å². The first-order valence-corrected chi connectivity index (χ1v) is 10.2. The minimum atomic E-state index is -0.306. The van der Waals surface area contributed by atoms with Crippen molar-refractivity contribution in [2.45, 2.75) is 26.2 Å². The van der Waals surface area contributed by atoms with Crippen molar-refractivity contribution < 1.29 is 0 Å². The molecule has 0 N–H and O–H groups in total. The van der Waals surface area contributed by atoms with Gasteiger partial charge >= 0.3 is 0 Å². The molecule has 3 aromatic carbocycles. The minimum absolute atomic E-state index is 0.306. The third-order valence-electron chi connectivity index (χ3n) is 4.42. The molecule has 3 aromatic rings. The molecule has 3 rings (SSSR count). The van der Waals surface area contributed by atoms with Crippen LogP contribution >= 0.6 is 7.92 Å². The van der Waals surface area contributed by atoms with E-state index >= 15 is 0 Å². The maximum Gasteiger partial charge on any atom is -0.0195 e. The first kappa shape index (κ1) is 16.9. The van der Waals surface area contributed by atoms with E-state index in [0.717, 1.165) is 6.42 Å². The molecule has 0 nitrogen and oxygen atoms in total. The van der Waals surface area contributed by atoms with E-state index in [0.29, 0.717) is 5.92 Å². The van der Waals surface area contributed by atoms with Gasteiger partial charge in [0, 0.05) is 0 Å². The fourth-order valence-corrected chi connectivity index (χ4v) is 5.52. The lowest BCUT2D eigenvalue weighted by atomic mass is 9.96. The Kier molecular flexibility index (Phi) is 5.83. The summed E-state index contributed by atoms with van der Waals surface area (Å²) < 4.78 is 0. The van der Waals surface area contributed by atoms with E-state index in [4.69, 9.17) is 0 Å². The zero-order valence-corrected chi connectivity index (χ0v) is 15.4. The standard InChI is InChI=1S/C23H25P/c1-19(2)23-16-10-9-11-20(23)17-18-24(21-12-5-3-6-13-21)22-14-7-4-8-15-22/h3-16,19H,17-18H2,1-2H3. The molecule has 0 amide bonds. The van der Waals surface area contributed by atoms with Gasteiger partial charge in [-0.2, -0.15) is 0 Å². The molecule has 0 spiro atoms. The van der Waals surface area contributed by atoms with Gasteiger partial charge in [-0.15, -0.1) is 0 Å². The van der Waals surface area contributed by atoms with E-state index in [1.807, 2.05) is 0 Å². The van der Waals surface area contributed by atoms with Crippen LogP contribution in [-0.2, 0) is 6.42 Å². The summed E-state index contributed by atoms with van der Waals surface area (Å²) in [5, 5.41) is 2.95. The molecule has 0 heterocycles. The Morgan fingerprint density at radius 2 is 1.17 bits per heavy atom. The van der Waals surface area contributed by atoms with Gasteiger partial charge in [-0.1, -0.05) is 98.8 Å². The smallest absolute Gasteiger partial charge is 0.0195 e. The van der Waals surface area contributed by atoms with Crippen LogP contribution in [0.1, 0.15) is 30.9 Å². The lowest BCUT2D eigenvalue weighted by Crippen LogP contribution is -2.15. The number of aryl methyl sites for hydroxylation is 1. The van der Waals surface area contributed by atoms with E-state index in [2.05, 4.69) is 98.8 Å². The molecule has 0 radical (unpaired) electrons. The van der Waals surface area contributed by atoms with Gasteiger partial charge < -0.3 is 0 Å². The van der Waals surface area contributed by atoms with Crippen molar-refractivity contribution in [2.24, 2.45) is 0 Å². The molecule has 24 heavy (non-hydrogen) atoms. The van der Waals surface area contributed by atoms with Gasteiger partial charge in [-0.05, 0) is 48.2 Å². The Balaban J connectivity index is 1.86.